The second kappa shape index (κ2) is 4.38. The monoisotopic (exact) mass is 304 g/mol. The maximum atomic E-state index is 10.2. The fourth-order valence-corrected chi connectivity index (χ4v) is 3.02. The van der Waals surface area contributed by atoms with E-state index in [9.17, 15) is 10.2 Å². The molecule has 0 aliphatic carbocycles. The lowest BCUT2D eigenvalue weighted by atomic mass is 10.1. The molecular weight excluding hydrogens is 288 g/mol. The Morgan fingerprint density at radius 2 is 2.05 bits per heavy atom. The minimum atomic E-state index is -1.05. The molecular formula is C13H16N6O3. The van der Waals surface area contributed by atoms with Gasteiger partial charge in [-0.15, -0.1) is 0 Å². The van der Waals surface area contributed by atoms with Gasteiger partial charge in [-0.1, -0.05) is 0 Å². The van der Waals surface area contributed by atoms with Gasteiger partial charge in [0.25, 0.3) is 0 Å². The van der Waals surface area contributed by atoms with Crippen molar-refractivity contribution in [1.82, 2.24) is 14.5 Å². The number of aliphatic hydroxyl groups excluding tert-OH is 2. The Hall–Kier alpha value is -2.23. The predicted octanol–water partition coefficient (Wildman–Crippen LogP) is -0.860. The minimum absolute atomic E-state index is 0.342. The SMILES string of the molecule is C[C@H]1O[C@@H](n2cc3c4c(ncnc42)N(C)N=C3N)[C@H](O)[C@@H]1O. The lowest BCUT2D eigenvalue weighted by molar-refractivity contribution is -0.0296. The average molecular weight is 304 g/mol. The van der Waals surface area contributed by atoms with Crippen LogP contribution >= 0.6 is 0 Å². The Balaban J connectivity index is 1.94. The predicted molar refractivity (Wildman–Crippen MR) is 78.3 cm³/mol. The van der Waals surface area contributed by atoms with E-state index in [-0.39, 0.29) is 0 Å². The summed E-state index contributed by atoms with van der Waals surface area (Å²) >= 11 is 0. The zero-order valence-corrected chi connectivity index (χ0v) is 12.1. The summed E-state index contributed by atoms with van der Waals surface area (Å²) in [5.41, 5.74) is 7.25. The van der Waals surface area contributed by atoms with Crippen LogP contribution < -0.4 is 10.7 Å². The Labute approximate surface area is 125 Å². The quantitative estimate of drug-likeness (QED) is 0.626. The molecule has 9 heteroatoms. The molecule has 0 amide bonds. The summed E-state index contributed by atoms with van der Waals surface area (Å²) in [6.07, 6.45) is -0.0549. The molecule has 0 aromatic carbocycles. The van der Waals surface area contributed by atoms with Gasteiger partial charge in [0.05, 0.1) is 11.5 Å². The number of nitrogens with zero attached hydrogens (tertiary/aromatic N) is 5. The Kier molecular flexibility index (Phi) is 2.68. The largest absolute Gasteiger partial charge is 0.388 e. The number of hydrogen-bond acceptors (Lipinski definition) is 8. The molecule has 4 N–H and O–H groups in total. The number of nitrogens with two attached hydrogens (primary N) is 1. The van der Waals surface area contributed by atoms with Crippen LogP contribution in [0.15, 0.2) is 17.6 Å². The van der Waals surface area contributed by atoms with Gasteiger partial charge in [-0.2, -0.15) is 5.10 Å². The summed E-state index contributed by atoms with van der Waals surface area (Å²) in [7, 11) is 1.75. The van der Waals surface area contributed by atoms with E-state index in [1.54, 1.807) is 29.7 Å². The third kappa shape index (κ3) is 1.61. The van der Waals surface area contributed by atoms with Crippen molar-refractivity contribution in [3.8, 4) is 0 Å². The first-order valence-corrected chi connectivity index (χ1v) is 6.94. The van der Waals surface area contributed by atoms with E-state index >= 15 is 0 Å². The van der Waals surface area contributed by atoms with Crippen molar-refractivity contribution in [2.75, 3.05) is 12.1 Å². The molecule has 1 fully saturated rings. The van der Waals surface area contributed by atoms with Gasteiger partial charge in [0.1, 0.15) is 24.2 Å². The van der Waals surface area contributed by atoms with E-state index < -0.39 is 24.5 Å². The van der Waals surface area contributed by atoms with Crippen molar-refractivity contribution in [2.24, 2.45) is 10.8 Å². The molecule has 0 radical (unpaired) electrons. The van der Waals surface area contributed by atoms with Crippen LogP contribution in [0.1, 0.15) is 18.7 Å². The minimum Gasteiger partial charge on any atom is -0.388 e. The standard InChI is InChI=1S/C13H16N6O3/c1-5-8(20)9(21)13(22-5)19-3-6-7-11(15-4-16-12(7)19)18(2)17-10(6)14/h3-5,8-9,13,20-21H,1-2H3,(H2,14,17)/t5-,8-,9-,13-/m1/s1. The molecule has 9 nitrogen and oxygen atoms in total. The molecule has 0 saturated carbocycles. The van der Waals surface area contributed by atoms with E-state index in [4.69, 9.17) is 10.5 Å². The summed E-state index contributed by atoms with van der Waals surface area (Å²) in [5, 5.41) is 26.7. The van der Waals surface area contributed by atoms with Crippen molar-refractivity contribution in [1.29, 1.82) is 0 Å². The Morgan fingerprint density at radius 1 is 1.27 bits per heavy atom. The van der Waals surface area contributed by atoms with Crippen LogP contribution in [0.5, 0.6) is 0 Å². The van der Waals surface area contributed by atoms with Gasteiger partial charge in [-0.25, -0.2) is 15.0 Å². The molecule has 1 saturated heterocycles. The summed E-state index contributed by atoms with van der Waals surface area (Å²) in [4.78, 5) is 8.51. The average Bonchev–Trinajstić information content (AvgIpc) is 2.99. The van der Waals surface area contributed by atoms with Crippen LogP contribution in [0.2, 0.25) is 0 Å². The third-order valence-corrected chi connectivity index (χ3v) is 4.18. The third-order valence-electron chi connectivity index (χ3n) is 4.18. The number of hydrogen-bond donors (Lipinski definition) is 3. The second-order valence-corrected chi connectivity index (χ2v) is 5.57. The van der Waals surface area contributed by atoms with Gasteiger partial charge in [-0.05, 0) is 6.92 Å². The van der Waals surface area contributed by atoms with Crippen LogP contribution in [-0.4, -0.2) is 55.9 Å². The molecule has 4 atom stereocenters. The van der Waals surface area contributed by atoms with Gasteiger partial charge in [0.15, 0.2) is 17.9 Å². The van der Waals surface area contributed by atoms with Crippen LogP contribution in [0.25, 0.3) is 11.0 Å². The van der Waals surface area contributed by atoms with Crippen LogP contribution in [0, 0.1) is 0 Å². The molecule has 2 aliphatic heterocycles. The van der Waals surface area contributed by atoms with Gasteiger partial charge in [0, 0.05) is 18.8 Å². The molecule has 0 bridgehead atoms. The summed E-state index contributed by atoms with van der Waals surface area (Å²) in [6, 6.07) is 0. The first-order chi connectivity index (χ1) is 10.5. The summed E-state index contributed by atoms with van der Waals surface area (Å²) < 4.78 is 7.34. The first kappa shape index (κ1) is 13.4. The zero-order chi connectivity index (χ0) is 15.6. The van der Waals surface area contributed by atoms with E-state index in [2.05, 4.69) is 15.1 Å². The van der Waals surface area contributed by atoms with Gasteiger partial charge in [-0.3, -0.25) is 0 Å². The lowest BCUT2D eigenvalue weighted by Crippen LogP contribution is -2.30. The van der Waals surface area contributed by atoms with E-state index in [1.807, 2.05) is 0 Å². The van der Waals surface area contributed by atoms with Crippen molar-refractivity contribution in [2.45, 2.75) is 31.5 Å². The van der Waals surface area contributed by atoms with E-state index in [0.717, 1.165) is 5.39 Å². The molecule has 2 aliphatic rings. The summed E-state index contributed by atoms with van der Waals surface area (Å²) in [6.45, 7) is 1.71. The molecule has 2 aromatic heterocycles. The van der Waals surface area contributed by atoms with Crippen molar-refractivity contribution in [3.63, 3.8) is 0 Å². The van der Waals surface area contributed by atoms with Crippen molar-refractivity contribution in [3.05, 3.63) is 18.1 Å². The Bertz CT molecular complexity index is 787. The number of anilines is 1. The second-order valence-electron chi connectivity index (χ2n) is 5.57. The highest BCUT2D eigenvalue weighted by atomic mass is 16.6. The van der Waals surface area contributed by atoms with E-state index in [1.165, 1.54) is 6.33 Å². The molecule has 4 heterocycles. The smallest absolute Gasteiger partial charge is 0.164 e. The molecule has 2 aromatic rings. The fraction of sp³-hybridized carbons (Fsp3) is 0.462. The van der Waals surface area contributed by atoms with Crippen LogP contribution in [0.3, 0.4) is 0 Å². The first-order valence-electron chi connectivity index (χ1n) is 6.94. The highest BCUT2D eigenvalue weighted by molar-refractivity contribution is 6.13. The highest BCUT2D eigenvalue weighted by Crippen LogP contribution is 2.36. The number of aliphatic hydroxyl groups is 2. The van der Waals surface area contributed by atoms with Gasteiger partial charge >= 0.3 is 0 Å². The summed E-state index contributed by atoms with van der Waals surface area (Å²) in [5.74, 6) is 0.976. The molecule has 4 rings (SSSR count). The van der Waals surface area contributed by atoms with Crippen molar-refractivity contribution < 1.29 is 14.9 Å². The van der Waals surface area contributed by atoms with Gasteiger partial charge in [0.2, 0.25) is 0 Å². The normalized spacial score (nSPS) is 30.9. The molecule has 22 heavy (non-hydrogen) atoms. The molecule has 116 valence electrons. The van der Waals surface area contributed by atoms with Gasteiger partial charge < -0.3 is 25.3 Å². The maximum absolute atomic E-state index is 10.2. The highest BCUT2D eigenvalue weighted by Gasteiger charge is 2.42. The van der Waals surface area contributed by atoms with Crippen molar-refractivity contribution >= 4 is 22.7 Å². The topological polar surface area (TPSA) is 122 Å². The number of ether oxygens (including phenoxy) is 1. The fourth-order valence-electron chi connectivity index (χ4n) is 3.02. The van der Waals surface area contributed by atoms with Crippen LogP contribution in [-0.2, 0) is 4.74 Å². The molecule has 0 spiro atoms. The number of rotatable bonds is 1. The van der Waals surface area contributed by atoms with E-state index in [0.29, 0.717) is 22.9 Å². The molecule has 0 unspecified atom stereocenters. The maximum Gasteiger partial charge on any atom is 0.164 e. The zero-order valence-electron chi connectivity index (χ0n) is 12.1. The number of hydrazone groups is 1. The van der Waals surface area contributed by atoms with Crippen LogP contribution in [0.4, 0.5) is 5.82 Å². The Morgan fingerprint density at radius 3 is 2.73 bits per heavy atom. The number of amidine groups is 1. The number of aromatic nitrogens is 3. The lowest BCUT2D eigenvalue weighted by Gasteiger charge is -2.19.